The van der Waals surface area contributed by atoms with Gasteiger partial charge in [0.15, 0.2) is 5.01 Å². The molecule has 0 bridgehead atoms. The van der Waals surface area contributed by atoms with Crippen molar-refractivity contribution in [3.63, 3.8) is 0 Å². The molecule has 0 spiro atoms. The Morgan fingerprint density at radius 1 is 1.11 bits per heavy atom. The monoisotopic (exact) mass is 280 g/mol. The Balaban J connectivity index is 1.90. The summed E-state index contributed by atoms with van der Waals surface area (Å²) in [6.45, 7) is 2.05. The molecule has 3 rings (SSSR count). The zero-order valence-corrected chi connectivity index (χ0v) is 12.0. The van der Waals surface area contributed by atoms with Crippen molar-refractivity contribution in [2.45, 2.75) is 44.9 Å². The van der Waals surface area contributed by atoms with E-state index in [0.717, 1.165) is 15.6 Å². The summed E-state index contributed by atoms with van der Waals surface area (Å²) in [7, 11) is 0. The van der Waals surface area contributed by atoms with E-state index in [0.29, 0.717) is 11.0 Å². The average molecular weight is 280 g/mol. The van der Waals surface area contributed by atoms with E-state index >= 15 is 0 Å². The standard InChI is InChI=1S/C12H16N4S2/c1-7-9(11-15-16-12(13)18-11)17-10(14-7)8-5-3-2-4-6-8/h8H,2-6H2,1H3,(H2,13,16). The highest BCUT2D eigenvalue weighted by Gasteiger charge is 2.21. The Morgan fingerprint density at radius 2 is 1.89 bits per heavy atom. The largest absolute Gasteiger partial charge is 0.374 e. The average Bonchev–Trinajstić information content (AvgIpc) is 2.97. The zero-order valence-electron chi connectivity index (χ0n) is 10.3. The molecule has 6 heteroatoms. The normalized spacial score (nSPS) is 17.2. The van der Waals surface area contributed by atoms with Crippen LogP contribution in [0.4, 0.5) is 5.13 Å². The van der Waals surface area contributed by atoms with Crippen LogP contribution < -0.4 is 5.73 Å². The molecule has 2 aromatic rings. The van der Waals surface area contributed by atoms with Crippen molar-refractivity contribution in [3.05, 3.63) is 10.7 Å². The van der Waals surface area contributed by atoms with Gasteiger partial charge in [-0.2, -0.15) is 0 Å². The summed E-state index contributed by atoms with van der Waals surface area (Å²) in [4.78, 5) is 5.88. The van der Waals surface area contributed by atoms with E-state index < -0.39 is 0 Å². The molecule has 2 N–H and O–H groups in total. The highest BCUT2D eigenvalue weighted by atomic mass is 32.1. The molecule has 0 unspecified atom stereocenters. The Hall–Kier alpha value is -1.01. The van der Waals surface area contributed by atoms with Gasteiger partial charge in [0.1, 0.15) is 0 Å². The number of thiazole rings is 1. The fraction of sp³-hybridized carbons (Fsp3) is 0.583. The summed E-state index contributed by atoms with van der Waals surface area (Å²) < 4.78 is 0. The lowest BCUT2D eigenvalue weighted by atomic mass is 9.90. The number of aryl methyl sites for hydroxylation is 1. The van der Waals surface area contributed by atoms with Crippen molar-refractivity contribution in [2.75, 3.05) is 5.73 Å². The second-order valence-electron chi connectivity index (χ2n) is 4.75. The number of anilines is 1. The van der Waals surface area contributed by atoms with E-state index in [1.54, 1.807) is 11.3 Å². The molecule has 0 aliphatic heterocycles. The van der Waals surface area contributed by atoms with Crippen LogP contribution in [0.1, 0.15) is 48.7 Å². The first-order valence-corrected chi connectivity index (χ1v) is 7.94. The molecule has 18 heavy (non-hydrogen) atoms. The molecule has 0 radical (unpaired) electrons. The van der Waals surface area contributed by atoms with Crippen LogP contribution in [0, 0.1) is 6.92 Å². The quantitative estimate of drug-likeness (QED) is 0.912. The first-order chi connectivity index (χ1) is 8.74. The molecule has 4 nitrogen and oxygen atoms in total. The summed E-state index contributed by atoms with van der Waals surface area (Å²) >= 11 is 3.21. The fourth-order valence-corrected chi connectivity index (χ4v) is 4.43. The molecule has 1 aliphatic rings. The van der Waals surface area contributed by atoms with Crippen LogP contribution in [0.2, 0.25) is 0 Å². The van der Waals surface area contributed by atoms with Crippen molar-refractivity contribution in [1.29, 1.82) is 0 Å². The van der Waals surface area contributed by atoms with Crippen LogP contribution in [-0.4, -0.2) is 15.2 Å². The van der Waals surface area contributed by atoms with Crippen molar-refractivity contribution >= 4 is 27.8 Å². The summed E-state index contributed by atoms with van der Waals surface area (Å²) in [6, 6.07) is 0. The summed E-state index contributed by atoms with van der Waals surface area (Å²) in [5.74, 6) is 0.654. The number of rotatable bonds is 2. The molecule has 0 saturated heterocycles. The van der Waals surface area contributed by atoms with Gasteiger partial charge in [-0.05, 0) is 19.8 Å². The minimum absolute atomic E-state index is 0.525. The molecule has 0 amide bonds. The molecule has 1 aliphatic carbocycles. The first-order valence-electron chi connectivity index (χ1n) is 6.30. The van der Waals surface area contributed by atoms with Crippen LogP contribution in [0.5, 0.6) is 0 Å². The maximum absolute atomic E-state index is 5.64. The molecular weight excluding hydrogens is 264 g/mol. The molecule has 0 atom stereocenters. The molecule has 2 heterocycles. The van der Waals surface area contributed by atoms with Gasteiger partial charge in [-0.15, -0.1) is 21.5 Å². The van der Waals surface area contributed by atoms with Gasteiger partial charge in [0.2, 0.25) is 5.13 Å². The lowest BCUT2D eigenvalue weighted by molar-refractivity contribution is 0.442. The lowest BCUT2D eigenvalue weighted by Gasteiger charge is -2.18. The third-order valence-corrected chi connectivity index (χ3v) is 5.63. The van der Waals surface area contributed by atoms with Crippen LogP contribution in [0.15, 0.2) is 0 Å². The topological polar surface area (TPSA) is 64.7 Å². The third-order valence-electron chi connectivity index (χ3n) is 3.40. The van der Waals surface area contributed by atoms with Gasteiger partial charge in [0.05, 0.1) is 15.6 Å². The predicted molar refractivity (Wildman–Crippen MR) is 76.0 cm³/mol. The first kappa shape index (κ1) is 12.0. The van der Waals surface area contributed by atoms with Gasteiger partial charge in [-0.3, -0.25) is 0 Å². The molecule has 1 fully saturated rings. The number of hydrogen-bond donors (Lipinski definition) is 1. The van der Waals surface area contributed by atoms with E-state index in [9.17, 15) is 0 Å². The summed E-state index contributed by atoms with van der Waals surface area (Å²) in [6.07, 6.45) is 6.62. The maximum Gasteiger partial charge on any atom is 0.203 e. The Labute approximate surface area is 114 Å². The van der Waals surface area contributed by atoms with E-state index in [1.165, 1.54) is 48.4 Å². The Kier molecular flexibility index (Phi) is 3.30. The number of nitrogen functional groups attached to an aromatic ring is 1. The fourth-order valence-electron chi connectivity index (χ4n) is 2.47. The van der Waals surface area contributed by atoms with Crippen LogP contribution in [-0.2, 0) is 0 Å². The van der Waals surface area contributed by atoms with Crippen molar-refractivity contribution < 1.29 is 0 Å². The number of nitrogens with zero attached hydrogens (tertiary/aromatic N) is 3. The minimum Gasteiger partial charge on any atom is -0.374 e. The number of nitrogens with two attached hydrogens (primary N) is 1. The summed E-state index contributed by atoms with van der Waals surface area (Å²) in [5, 5.41) is 10.7. The van der Waals surface area contributed by atoms with E-state index in [1.807, 2.05) is 0 Å². The van der Waals surface area contributed by atoms with Crippen molar-refractivity contribution in [1.82, 2.24) is 15.2 Å². The lowest BCUT2D eigenvalue weighted by Crippen LogP contribution is -2.03. The second kappa shape index (κ2) is 4.93. The summed E-state index contributed by atoms with van der Waals surface area (Å²) in [5.41, 5.74) is 6.71. The van der Waals surface area contributed by atoms with Crippen molar-refractivity contribution in [2.24, 2.45) is 0 Å². The van der Waals surface area contributed by atoms with Gasteiger partial charge in [0.25, 0.3) is 0 Å². The highest BCUT2D eigenvalue weighted by molar-refractivity contribution is 7.23. The molecule has 96 valence electrons. The zero-order chi connectivity index (χ0) is 12.5. The van der Waals surface area contributed by atoms with Crippen LogP contribution in [0.3, 0.4) is 0 Å². The SMILES string of the molecule is Cc1nc(C2CCCCC2)sc1-c1nnc(N)s1. The smallest absolute Gasteiger partial charge is 0.203 e. The van der Waals surface area contributed by atoms with Gasteiger partial charge in [-0.1, -0.05) is 30.6 Å². The molecule has 0 aromatic carbocycles. The highest BCUT2D eigenvalue weighted by Crippen LogP contribution is 2.40. The molecule has 2 aromatic heterocycles. The van der Waals surface area contributed by atoms with E-state index in [-0.39, 0.29) is 0 Å². The van der Waals surface area contributed by atoms with Gasteiger partial charge >= 0.3 is 0 Å². The number of aromatic nitrogens is 3. The van der Waals surface area contributed by atoms with Gasteiger partial charge in [-0.25, -0.2) is 4.98 Å². The van der Waals surface area contributed by atoms with Gasteiger partial charge < -0.3 is 5.73 Å². The van der Waals surface area contributed by atoms with Crippen LogP contribution in [0.25, 0.3) is 9.88 Å². The number of hydrogen-bond acceptors (Lipinski definition) is 6. The van der Waals surface area contributed by atoms with E-state index in [2.05, 4.69) is 17.1 Å². The predicted octanol–water partition coefficient (Wildman–Crippen LogP) is 3.60. The Morgan fingerprint density at radius 3 is 2.56 bits per heavy atom. The van der Waals surface area contributed by atoms with Crippen LogP contribution >= 0.6 is 22.7 Å². The molecule has 1 saturated carbocycles. The Bertz CT molecular complexity index is 540. The maximum atomic E-state index is 5.64. The minimum atomic E-state index is 0.525. The molecular formula is C12H16N4S2. The third kappa shape index (κ3) is 2.27. The van der Waals surface area contributed by atoms with Crippen molar-refractivity contribution in [3.8, 4) is 9.88 Å². The second-order valence-corrected chi connectivity index (χ2v) is 6.79. The van der Waals surface area contributed by atoms with E-state index in [4.69, 9.17) is 10.7 Å². The van der Waals surface area contributed by atoms with Gasteiger partial charge in [0, 0.05) is 5.92 Å².